The molecule has 0 aliphatic heterocycles. The number of hydrogen-bond acceptors (Lipinski definition) is 3. The van der Waals surface area contributed by atoms with Gasteiger partial charge in [-0.05, 0) is 63.6 Å². The predicted octanol–water partition coefficient (Wildman–Crippen LogP) is 4.87. The number of halogens is 1. The van der Waals surface area contributed by atoms with Crippen LogP contribution in [0.1, 0.15) is 38.9 Å². The SMILES string of the molecule is O=C(c1sccc1Br)C1CCCc2sccc21. The summed E-state index contributed by atoms with van der Waals surface area (Å²) in [6, 6.07) is 4.08. The highest BCUT2D eigenvalue weighted by Gasteiger charge is 2.29. The smallest absolute Gasteiger partial charge is 0.181 e. The lowest BCUT2D eigenvalue weighted by Gasteiger charge is -2.20. The van der Waals surface area contributed by atoms with Gasteiger partial charge in [0, 0.05) is 15.3 Å². The first-order chi connectivity index (χ1) is 8.27. The van der Waals surface area contributed by atoms with Crippen molar-refractivity contribution in [3.63, 3.8) is 0 Å². The van der Waals surface area contributed by atoms with Crippen LogP contribution in [0.15, 0.2) is 27.4 Å². The number of carbonyl (C=O) groups excluding carboxylic acids is 1. The molecule has 0 saturated heterocycles. The number of ketones is 1. The van der Waals surface area contributed by atoms with E-state index in [1.54, 1.807) is 11.3 Å². The van der Waals surface area contributed by atoms with E-state index < -0.39 is 0 Å². The van der Waals surface area contributed by atoms with Crippen molar-refractivity contribution in [2.24, 2.45) is 0 Å². The monoisotopic (exact) mass is 326 g/mol. The summed E-state index contributed by atoms with van der Waals surface area (Å²) in [6.07, 6.45) is 3.27. The Morgan fingerprint density at radius 1 is 1.29 bits per heavy atom. The summed E-state index contributed by atoms with van der Waals surface area (Å²) in [4.78, 5) is 14.8. The Morgan fingerprint density at radius 3 is 2.88 bits per heavy atom. The highest BCUT2D eigenvalue weighted by molar-refractivity contribution is 9.10. The molecule has 1 aliphatic rings. The average Bonchev–Trinajstić information content (AvgIpc) is 2.95. The summed E-state index contributed by atoms with van der Waals surface area (Å²) >= 11 is 6.78. The molecular formula is C13H11BrOS2. The van der Waals surface area contributed by atoms with E-state index in [9.17, 15) is 4.79 Å². The van der Waals surface area contributed by atoms with Crippen LogP contribution < -0.4 is 0 Å². The Hall–Kier alpha value is -0.450. The van der Waals surface area contributed by atoms with Crippen LogP contribution in [0.25, 0.3) is 0 Å². The largest absolute Gasteiger partial charge is 0.293 e. The third-order valence-electron chi connectivity index (χ3n) is 3.21. The number of Topliss-reactive ketones (excluding diaryl/α,β-unsaturated/α-hetero) is 1. The molecule has 1 unspecified atom stereocenters. The molecule has 0 radical (unpaired) electrons. The molecule has 1 atom stereocenters. The molecule has 88 valence electrons. The summed E-state index contributed by atoms with van der Waals surface area (Å²) in [5, 5.41) is 4.08. The molecule has 0 aromatic carbocycles. The van der Waals surface area contributed by atoms with Gasteiger partial charge in [-0.15, -0.1) is 22.7 Å². The third-order valence-corrected chi connectivity index (χ3v) is 6.06. The van der Waals surface area contributed by atoms with Crippen LogP contribution in [-0.4, -0.2) is 5.78 Å². The molecular weight excluding hydrogens is 316 g/mol. The Morgan fingerprint density at radius 2 is 2.12 bits per heavy atom. The Kier molecular flexibility index (Phi) is 3.19. The van der Waals surface area contributed by atoms with Gasteiger partial charge in [-0.3, -0.25) is 4.79 Å². The van der Waals surface area contributed by atoms with E-state index in [1.165, 1.54) is 21.8 Å². The first-order valence-electron chi connectivity index (χ1n) is 5.61. The maximum atomic E-state index is 12.5. The van der Waals surface area contributed by atoms with Crippen LogP contribution in [-0.2, 0) is 6.42 Å². The standard InChI is InChI=1S/C13H11BrOS2/c14-10-5-7-17-13(10)12(15)9-2-1-3-11-8(9)4-6-16-11/h4-7,9H,1-3H2. The first kappa shape index (κ1) is 11.6. The number of fused-ring (bicyclic) bond motifs is 1. The van der Waals surface area contributed by atoms with Gasteiger partial charge in [-0.2, -0.15) is 0 Å². The van der Waals surface area contributed by atoms with E-state index in [0.717, 1.165) is 28.6 Å². The molecule has 0 saturated carbocycles. The van der Waals surface area contributed by atoms with Crippen LogP contribution >= 0.6 is 38.6 Å². The fraction of sp³-hybridized carbons (Fsp3) is 0.308. The van der Waals surface area contributed by atoms with Gasteiger partial charge in [0.1, 0.15) is 0 Å². The summed E-state index contributed by atoms with van der Waals surface area (Å²) in [6.45, 7) is 0. The van der Waals surface area contributed by atoms with E-state index in [1.807, 2.05) is 11.4 Å². The van der Waals surface area contributed by atoms with Gasteiger partial charge in [-0.1, -0.05) is 0 Å². The molecule has 0 bridgehead atoms. The van der Waals surface area contributed by atoms with Crippen molar-refractivity contribution in [3.8, 4) is 0 Å². The maximum absolute atomic E-state index is 12.5. The zero-order chi connectivity index (χ0) is 11.8. The van der Waals surface area contributed by atoms with Crippen LogP contribution in [0.2, 0.25) is 0 Å². The van der Waals surface area contributed by atoms with E-state index in [2.05, 4.69) is 27.4 Å². The Labute approximate surface area is 117 Å². The fourth-order valence-corrected chi connectivity index (χ4v) is 4.94. The van der Waals surface area contributed by atoms with Crippen LogP contribution in [0, 0.1) is 0 Å². The van der Waals surface area contributed by atoms with Gasteiger partial charge in [0.2, 0.25) is 0 Å². The molecule has 3 rings (SSSR count). The maximum Gasteiger partial charge on any atom is 0.181 e. The van der Waals surface area contributed by atoms with Crippen LogP contribution in [0.3, 0.4) is 0 Å². The van der Waals surface area contributed by atoms with Gasteiger partial charge < -0.3 is 0 Å². The second kappa shape index (κ2) is 4.67. The van der Waals surface area contributed by atoms with E-state index in [4.69, 9.17) is 0 Å². The number of rotatable bonds is 2. The molecule has 1 aliphatic carbocycles. The van der Waals surface area contributed by atoms with Crippen molar-refractivity contribution in [1.29, 1.82) is 0 Å². The van der Waals surface area contributed by atoms with Crippen LogP contribution in [0.5, 0.6) is 0 Å². The van der Waals surface area contributed by atoms with E-state index >= 15 is 0 Å². The van der Waals surface area contributed by atoms with Crippen molar-refractivity contribution < 1.29 is 4.79 Å². The summed E-state index contributed by atoms with van der Waals surface area (Å²) in [5.41, 5.74) is 1.27. The van der Waals surface area contributed by atoms with Gasteiger partial charge in [0.25, 0.3) is 0 Å². The molecule has 0 amide bonds. The Balaban J connectivity index is 1.97. The van der Waals surface area contributed by atoms with Gasteiger partial charge in [0.05, 0.1) is 4.88 Å². The quantitative estimate of drug-likeness (QED) is 0.719. The zero-order valence-corrected chi connectivity index (χ0v) is 12.3. The molecule has 0 fully saturated rings. The lowest BCUT2D eigenvalue weighted by molar-refractivity contribution is 0.0955. The minimum absolute atomic E-state index is 0.0833. The van der Waals surface area contributed by atoms with E-state index in [-0.39, 0.29) is 11.7 Å². The molecule has 2 aromatic heterocycles. The first-order valence-corrected chi connectivity index (χ1v) is 8.16. The molecule has 4 heteroatoms. The minimum atomic E-state index is 0.0833. The van der Waals surface area contributed by atoms with Gasteiger partial charge in [0.15, 0.2) is 5.78 Å². The van der Waals surface area contributed by atoms with Crippen molar-refractivity contribution in [2.45, 2.75) is 25.2 Å². The topological polar surface area (TPSA) is 17.1 Å². The van der Waals surface area contributed by atoms with Crippen molar-refractivity contribution in [2.75, 3.05) is 0 Å². The second-order valence-electron chi connectivity index (χ2n) is 4.21. The van der Waals surface area contributed by atoms with Gasteiger partial charge in [-0.25, -0.2) is 0 Å². The van der Waals surface area contributed by atoms with Crippen LogP contribution in [0.4, 0.5) is 0 Å². The fourth-order valence-electron chi connectivity index (χ4n) is 2.39. The number of carbonyl (C=O) groups is 1. The minimum Gasteiger partial charge on any atom is -0.293 e. The third kappa shape index (κ3) is 2.02. The predicted molar refractivity (Wildman–Crippen MR) is 76.3 cm³/mol. The van der Waals surface area contributed by atoms with Crippen molar-refractivity contribution in [1.82, 2.24) is 0 Å². The number of hydrogen-bond donors (Lipinski definition) is 0. The summed E-state index contributed by atoms with van der Waals surface area (Å²) in [7, 11) is 0. The molecule has 2 heterocycles. The van der Waals surface area contributed by atoms with Crippen molar-refractivity contribution in [3.05, 3.63) is 42.7 Å². The summed E-state index contributed by atoms with van der Waals surface area (Å²) in [5.74, 6) is 0.367. The number of thiophene rings is 2. The number of aryl methyl sites for hydroxylation is 1. The Bertz CT molecular complexity index is 555. The van der Waals surface area contributed by atoms with Crippen molar-refractivity contribution >= 4 is 44.4 Å². The second-order valence-corrected chi connectivity index (χ2v) is 6.98. The zero-order valence-electron chi connectivity index (χ0n) is 9.11. The lowest BCUT2D eigenvalue weighted by atomic mass is 9.84. The molecule has 1 nitrogen and oxygen atoms in total. The molecule has 0 N–H and O–H groups in total. The van der Waals surface area contributed by atoms with Gasteiger partial charge >= 0.3 is 0 Å². The molecule has 0 spiro atoms. The summed E-state index contributed by atoms with van der Waals surface area (Å²) < 4.78 is 0.940. The average molecular weight is 327 g/mol. The molecule has 2 aromatic rings. The lowest BCUT2D eigenvalue weighted by Crippen LogP contribution is -2.16. The molecule has 17 heavy (non-hydrogen) atoms. The highest BCUT2D eigenvalue weighted by atomic mass is 79.9. The highest BCUT2D eigenvalue weighted by Crippen LogP contribution is 2.39. The normalized spacial score (nSPS) is 19.0. The van der Waals surface area contributed by atoms with E-state index in [0.29, 0.717) is 0 Å².